The maximum Gasteiger partial charge on any atom is 0.119 e. The van der Waals surface area contributed by atoms with Gasteiger partial charge in [-0.05, 0) is 55.6 Å². The molecular weight excluding hydrogens is 324 g/mol. The van der Waals surface area contributed by atoms with Gasteiger partial charge in [-0.25, -0.2) is 0 Å². The predicted molar refractivity (Wildman–Crippen MR) is 108 cm³/mol. The van der Waals surface area contributed by atoms with Crippen LogP contribution in [0.3, 0.4) is 0 Å². The topological polar surface area (TPSA) is 53.5 Å². The number of likely N-dealkylation sites (N-methyl/N-ethyl adjacent to an activating group) is 1. The molecule has 2 aromatic carbocycles. The molecule has 0 aliphatic carbocycles. The van der Waals surface area contributed by atoms with Crippen molar-refractivity contribution in [3.63, 3.8) is 0 Å². The number of aliphatic hydroxyl groups excluding tert-OH is 1. The van der Waals surface area contributed by atoms with Crippen LogP contribution in [0.1, 0.15) is 36.6 Å². The van der Waals surface area contributed by atoms with Gasteiger partial charge in [0.1, 0.15) is 12.4 Å². The minimum atomic E-state index is -0.480. The third-order valence-electron chi connectivity index (χ3n) is 4.49. The minimum absolute atomic E-state index is 0.287. The summed E-state index contributed by atoms with van der Waals surface area (Å²) in [5.41, 5.74) is 3.49. The van der Waals surface area contributed by atoms with Crippen molar-refractivity contribution < 1.29 is 9.84 Å². The molecular formula is C22H32N2O2. The Morgan fingerprint density at radius 3 is 2.54 bits per heavy atom. The van der Waals surface area contributed by atoms with Crippen LogP contribution in [0.2, 0.25) is 0 Å². The highest BCUT2D eigenvalue weighted by molar-refractivity contribution is 5.28. The van der Waals surface area contributed by atoms with Gasteiger partial charge in [-0.1, -0.05) is 43.3 Å². The fourth-order valence-corrected chi connectivity index (χ4v) is 2.87. The zero-order chi connectivity index (χ0) is 18.8. The lowest BCUT2D eigenvalue weighted by Gasteiger charge is -2.18. The molecule has 0 aliphatic heterocycles. The Hall–Kier alpha value is -1.88. The molecule has 0 aromatic heterocycles. The molecule has 3 N–H and O–H groups in total. The number of ether oxygens (including phenoxy) is 1. The van der Waals surface area contributed by atoms with E-state index in [2.05, 4.69) is 48.7 Å². The molecule has 0 fully saturated rings. The fraction of sp³-hybridized carbons (Fsp3) is 0.455. The Balaban J connectivity index is 1.78. The standard InChI is InChI=1S/C22H32N2O2/c1-4-18-6-5-7-20(15-18)22(25)16-24-17(2)14-19-8-10-21(11-9-19)26-13-12-23-3/h5-11,15,17,22-25H,4,12-14,16H2,1-3H3. The summed E-state index contributed by atoms with van der Waals surface area (Å²) in [6.07, 6.45) is 1.42. The first-order valence-electron chi connectivity index (χ1n) is 9.49. The number of hydrogen-bond acceptors (Lipinski definition) is 4. The molecule has 4 nitrogen and oxygen atoms in total. The van der Waals surface area contributed by atoms with Gasteiger partial charge in [0.15, 0.2) is 0 Å². The van der Waals surface area contributed by atoms with Gasteiger partial charge in [-0.3, -0.25) is 0 Å². The van der Waals surface area contributed by atoms with Crippen LogP contribution in [0.25, 0.3) is 0 Å². The Kier molecular flexibility index (Phi) is 8.62. The van der Waals surface area contributed by atoms with Crippen LogP contribution >= 0.6 is 0 Å². The summed E-state index contributed by atoms with van der Waals surface area (Å²) < 4.78 is 5.64. The molecule has 0 spiro atoms. The second kappa shape index (κ2) is 11.0. The van der Waals surface area contributed by atoms with E-state index < -0.39 is 6.10 Å². The largest absolute Gasteiger partial charge is 0.492 e. The number of nitrogens with one attached hydrogen (secondary N) is 2. The Morgan fingerprint density at radius 2 is 1.85 bits per heavy atom. The van der Waals surface area contributed by atoms with Gasteiger partial charge in [0, 0.05) is 19.1 Å². The first-order valence-corrected chi connectivity index (χ1v) is 9.49. The molecule has 0 aliphatic rings. The molecule has 0 heterocycles. The zero-order valence-corrected chi connectivity index (χ0v) is 16.2. The summed E-state index contributed by atoms with van der Waals surface area (Å²) in [6, 6.07) is 16.7. The molecule has 2 aromatic rings. The quantitative estimate of drug-likeness (QED) is 0.542. The lowest BCUT2D eigenvalue weighted by Crippen LogP contribution is -2.32. The third-order valence-corrected chi connectivity index (χ3v) is 4.49. The van der Waals surface area contributed by atoms with Crippen LogP contribution in [0.15, 0.2) is 48.5 Å². The molecule has 0 amide bonds. The second-order valence-electron chi connectivity index (χ2n) is 6.72. The number of aliphatic hydroxyl groups is 1. The number of rotatable bonds is 11. The van der Waals surface area contributed by atoms with E-state index in [4.69, 9.17) is 4.74 Å². The molecule has 2 atom stereocenters. The van der Waals surface area contributed by atoms with Gasteiger partial charge in [0.05, 0.1) is 6.10 Å². The molecule has 0 radical (unpaired) electrons. The van der Waals surface area contributed by atoms with Crippen LogP contribution in [-0.4, -0.2) is 37.9 Å². The summed E-state index contributed by atoms with van der Waals surface area (Å²) in [7, 11) is 1.91. The van der Waals surface area contributed by atoms with Crippen molar-refractivity contribution in [3.8, 4) is 5.75 Å². The maximum atomic E-state index is 10.4. The smallest absolute Gasteiger partial charge is 0.119 e. The van der Waals surface area contributed by atoms with Crippen molar-refractivity contribution in [2.45, 2.75) is 38.8 Å². The molecule has 26 heavy (non-hydrogen) atoms. The average Bonchev–Trinajstić information content (AvgIpc) is 2.67. The number of aryl methyl sites for hydroxylation is 1. The molecule has 2 rings (SSSR count). The Morgan fingerprint density at radius 1 is 1.08 bits per heavy atom. The summed E-state index contributed by atoms with van der Waals surface area (Å²) in [5, 5.41) is 16.9. The zero-order valence-electron chi connectivity index (χ0n) is 16.2. The van der Waals surface area contributed by atoms with Gasteiger partial charge in [-0.2, -0.15) is 0 Å². The van der Waals surface area contributed by atoms with Crippen molar-refractivity contribution in [1.29, 1.82) is 0 Å². The van der Waals surface area contributed by atoms with E-state index in [-0.39, 0.29) is 6.04 Å². The van der Waals surface area contributed by atoms with E-state index in [1.807, 2.05) is 31.3 Å². The summed E-state index contributed by atoms with van der Waals surface area (Å²) in [6.45, 7) is 6.34. The highest BCUT2D eigenvalue weighted by Crippen LogP contribution is 2.16. The van der Waals surface area contributed by atoms with Crippen LogP contribution in [-0.2, 0) is 12.8 Å². The molecule has 0 bridgehead atoms. The molecule has 0 saturated carbocycles. The first kappa shape index (κ1) is 20.4. The van der Waals surface area contributed by atoms with Crippen LogP contribution in [0.4, 0.5) is 0 Å². The van der Waals surface area contributed by atoms with E-state index >= 15 is 0 Å². The number of benzene rings is 2. The maximum absolute atomic E-state index is 10.4. The molecule has 2 unspecified atom stereocenters. The van der Waals surface area contributed by atoms with E-state index in [1.54, 1.807) is 0 Å². The monoisotopic (exact) mass is 356 g/mol. The summed E-state index contributed by atoms with van der Waals surface area (Å²) in [4.78, 5) is 0. The van der Waals surface area contributed by atoms with E-state index in [0.717, 1.165) is 30.7 Å². The Bertz CT molecular complexity index is 643. The number of hydrogen-bond donors (Lipinski definition) is 3. The summed E-state index contributed by atoms with van der Waals surface area (Å²) >= 11 is 0. The predicted octanol–water partition coefficient (Wildman–Crippen LogP) is 3.10. The van der Waals surface area contributed by atoms with Crippen LogP contribution in [0.5, 0.6) is 5.75 Å². The minimum Gasteiger partial charge on any atom is -0.492 e. The van der Waals surface area contributed by atoms with Gasteiger partial charge < -0.3 is 20.5 Å². The molecule has 0 saturated heterocycles. The van der Waals surface area contributed by atoms with Gasteiger partial charge in [-0.15, -0.1) is 0 Å². The molecule has 4 heteroatoms. The van der Waals surface area contributed by atoms with Crippen molar-refractivity contribution >= 4 is 0 Å². The van der Waals surface area contributed by atoms with Gasteiger partial charge in [0.25, 0.3) is 0 Å². The average molecular weight is 357 g/mol. The van der Waals surface area contributed by atoms with Crippen LogP contribution < -0.4 is 15.4 Å². The summed E-state index contributed by atoms with van der Waals surface area (Å²) in [5.74, 6) is 0.899. The van der Waals surface area contributed by atoms with Crippen molar-refractivity contribution in [3.05, 3.63) is 65.2 Å². The molecule has 142 valence electrons. The van der Waals surface area contributed by atoms with Crippen LogP contribution in [0, 0.1) is 0 Å². The van der Waals surface area contributed by atoms with E-state index in [0.29, 0.717) is 13.2 Å². The third kappa shape index (κ3) is 6.79. The van der Waals surface area contributed by atoms with Gasteiger partial charge in [0.2, 0.25) is 0 Å². The lowest BCUT2D eigenvalue weighted by molar-refractivity contribution is 0.170. The Labute approximate surface area is 157 Å². The van der Waals surface area contributed by atoms with Crippen molar-refractivity contribution in [2.75, 3.05) is 26.7 Å². The van der Waals surface area contributed by atoms with Crippen molar-refractivity contribution in [2.24, 2.45) is 0 Å². The fourth-order valence-electron chi connectivity index (χ4n) is 2.87. The van der Waals surface area contributed by atoms with Gasteiger partial charge >= 0.3 is 0 Å². The second-order valence-corrected chi connectivity index (χ2v) is 6.72. The van der Waals surface area contributed by atoms with E-state index in [1.165, 1.54) is 11.1 Å². The highest BCUT2D eigenvalue weighted by atomic mass is 16.5. The lowest BCUT2D eigenvalue weighted by atomic mass is 10.0. The highest BCUT2D eigenvalue weighted by Gasteiger charge is 2.10. The van der Waals surface area contributed by atoms with Crippen molar-refractivity contribution in [1.82, 2.24) is 10.6 Å². The SMILES string of the molecule is CCc1cccc(C(O)CNC(C)Cc2ccc(OCCNC)cc2)c1. The van der Waals surface area contributed by atoms with E-state index in [9.17, 15) is 5.11 Å². The normalized spacial score (nSPS) is 13.4. The first-order chi connectivity index (χ1) is 12.6.